The number of imidazole rings is 1. The highest BCUT2D eigenvalue weighted by molar-refractivity contribution is 6.16. The molecule has 0 atom stereocenters. The summed E-state index contributed by atoms with van der Waals surface area (Å²) in [7, 11) is 1.96. The second kappa shape index (κ2) is 4.29. The van der Waals surface area contributed by atoms with Crippen LogP contribution in [-0.4, -0.2) is 19.3 Å². The third-order valence-electron chi connectivity index (χ3n) is 2.92. The molecule has 5 heteroatoms. The largest absolute Gasteiger partial charge is 0.329 e. The molecule has 0 aliphatic heterocycles. The summed E-state index contributed by atoms with van der Waals surface area (Å²) in [5.41, 5.74) is 4.53. The van der Waals surface area contributed by atoms with E-state index >= 15 is 0 Å². The topological polar surface area (TPSA) is 35.6 Å². The predicted octanol–water partition coefficient (Wildman–Crippen LogP) is 2.02. The van der Waals surface area contributed by atoms with Gasteiger partial charge in [0, 0.05) is 24.5 Å². The van der Waals surface area contributed by atoms with E-state index in [-0.39, 0.29) is 0 Å². The molecule has 16 heavy (non-hydrogen) atoms. The zero-order chi connectivity index (χ0) is 11.7. The number of aromatic nitrogens is 4. The summed E-state index contributed by atoms with van der Waals surface area (Å²) in [6.45, 7) is 4.89. The van der Waals surface area contributed by atoms with E-state index in [1.54, 1.807) is 6.20 Å². The van der Waals surface area contributed by atoms with E-state index in [1.807, 2.05) is 25.0 Å². The Kier molecular flexibility index (Phi) is 3.01. The van der Waals surface area contributed by atoms with E-state index in [9.17, 15) is 0 Å². The smallest absolute Gasteiger partial charge is 0.0951 e. The lowest BCUT2D eigenvalue weighted by Gasteiger charge is -2.06. The molecule has 0 fully saturated rings. The minimum absolute atomic E-state index is 0.484. The molecule has 2 aromatic rings. The van der Waals surface area contributed by atoms with Crippen molar-refractivity contribution < 1.29 is 0 Å². The zero-order valence-corrected chi connectivity index (χ0v) is 10.5. The van der Waals surface area contributed by atoms with Gasteiger partial charge in [-0.05, 0) is 13.8 Å². The maximum Gasteiger partial charge on any atom is 0.0951 e. The van der Waals surface area contributed by atoms with Gasteiger partial charge in [-0.2, -0.15) is 5.10 Å². The average Bonchev–Trinajstić information content (AvgIpc) is 2.79. The number of hydrogen-bond acceptors (Lipinski definition) is 2. The average molecular weight is 239 g/mol. The van der Waals surface area contributed by atoms with Crippen molar-refractivity contribution in [1.82, 2.24) is 19.3 Å². The van der Waals surface area contributed by atoms with Gasteiger partial charge in [-0.15, -0.1) is 11.6 Å². The van der Waals surface area contributed by atoms with Gasteiger partial charge in [-0.3, -0.25) is 4.68 Å². The quantitative estimate of drug-likeness (QED) is 0.767. The first-order chi connectivity index (χ1) is 7.63. The van der Waals surface area contributed by atoms with E-state index in [4.69, 9.17) is 11.6 Å². The van der Waals surface area contributed by atoms with Crippen molar-refractivity contribution in [1.29, 1.82) is 0 Å². The molecule has 0 N–H and O–H groups in total. The molecule has 0 amide bonds. The van der Waals surface area contributed by atoms with E-state index < -0.39 is 0 Å². The van der Waals surface area contributed by atoms with Crippen molar-refractivity contribution in [2.45, 2.75) is 26.3 Å². The van der Waals surface area contributed by atoms with Crippen LogP contribution in [-0.2, 0) is 19.5 Å². The van der Waals surface area contributed by atoms with Crippen LogP contribution < -0.4 is 0 Å². The van der Waals surface area contributed by atoms with Gasteiger partial charge >= 0.3 is 0 Å². The highest BCUT2D eigenvalue weighted by atomic mass is 35.5. The molecule has 4 nitrogen and oxygen atoms in total. The summed E-state index contributed by atoms with van der Waals surface area (Å²) in [5.74, 6) is 0.484. The molecule has 0 aliphatic rings. The van der Waals surface area contributed by atoms with Crippen LogP contribution in [0.4, 0.5) is 0 Å². The lowest BCUT2D eigenvalue weighted by atomic mass is 10.2. The zero-order valence-electron chi connectivity index (χ0n) is 9.74. The summed E-state index contributed by atoms with van der Waals surface area (Å²) >= 11 is 5.84. The first kappa shape index (κ1) is 11.2. The standard InChI is InChI=1S/C11H15ClN4/c1-8-11(9(2)15(3)14-8)6-16-7-13-5-10(16)4-12/h5,7H,4,6H2,1-3H3. The van der Waals surface area contributed by atoms with Crippen LogP contribution >= 0.6 is 11.6 Å². The van der Waals surface area contributed by atoms with E-state index in [0.717, 1.165) is 17.9 Å². The van der Waals surface area contributed by atoms with Gasteiger partial charge in [0.2, 0.25) is 0 Å². The minimum atomic E-state index is 0.484. The maximum atomic E-state index is 5.84. The minimum Gasteiger partial charge on any atom is -0.329 e. The summed E-state index contributed by atoms with van der Waals surface area (Å²) in [6, 6.07) is 0. The van der Waals surface area contributed by atoms with Gasteiger partial charge in [0.05, 0.1) is 30.1 Å². The molecule has 0 aliphatic carbocycles. The monoisotopic (exact) mass is 238 g/mol. The van der Waals surface area contributed by atoms with Crippen LogP contribution in [0.2, 0.25) is 0 Å². The molecule has 0 aromatic carbocycles. The first-order valence-electron chi connectivity index (χ1n) is 5.17. The first-order valence-corrected chi connectivity index (χ1v) is 5.71. The summed E-state index contributed by atoms with van der Waals surface area (Å²) < 4.78 is 3.96. The highest BCUT2D eigenvalue weighted by Crippen LogP contribution is 2.15. The van der Waals surface area contributed by atoms with Crippen LogP contribution in [0.3, 0.4) is 0 Å². The maximum absolute atomic E-state index is 5.84. The van der Waals surface area contributed by atoms with Gasteiger partial charge in [-0.1, -0.05) is 0 Å². The Morgan fingerprint density at radius 2 is 2.12 bits per heavy atom. The van der Waals surface area contributed by atoms with Gasteiger partial charge in [0.25, 0.3) is 0 Å². The Balaban J connectivity index is 2.34. The molecule has 0 saturated carbocycles. The summed E-state index contributed by atoms with van der Waals surface area (Å²) in [6.07, 6.45) is 3.61. The van der Waals surface area contributed by atoms with Gasteiger partial charge < -0.3 is 4.57 Å². The summed E-state index contributed by atoms with van der Waals surface area (Å²) in [5, 5.41) is 4.40. The van der Waals surface area contributed by atoms with Crippen molar-refractivity contribution in [3.8, 4) is 0 Å². The SMILES string of the molecule is Cc1nn(C)c(C)c1Cn1cncc1CCl. The molecule has 0 spiro atoms. The third kappa shape index (κ3) is 1.85. The molecular formula is C11H15ClN4. The summed E-state index contributed by atoms with van der Waals surface area (Å²) in [4.78, 5) is 4.11. The molecule has 0 saturated heterocycles. The Bertz CT molecular complexity index is 498. The second-order valence-corrected chi connectivity index (χ2v) is 4.19. The third-order valence-corrected chi connectivity index (χ3v) is 3.20. The molecule has 0 radical (unpaired) electrons. The van der Waals surface area contributed by atoms with Crippen molar-refractivity contribution in [3.63, 3.8) is 0 Å². The molecule has 2 aromatic heterocycles. The van der Waals surface area contributed by atoms with Crippen LogP contribution in [0.1, 0.15) is 22.6 Å². The van der Waals surface area contributed by atoms with Crippen molar-refractivity contribution in [2.75, 3.05) is 0 Å². The Hall–Kier alpha value is -1.29. The van der Waals surface area contributed by atoms with Gasteiger partial charge in [0.15, 0.2) is 0 Å². The van der Waals surface area contributed by atoms with Gasteiger partial charge in [-0.25, -0.2) is 4.98 Å². The normalized spacial score (nSPS) is 11.0. The predicted molar refractivity (Wildman–Crippen MR) is 63.6 cm³/mol. The van der Waals surface area contributed by atoms with Crippen molar-refractivity contribution in [3.05, 3.63) is 35.2 Å². The second-order valence-electron chi connectivity index (χ2n) is 3.92. The number of alkyl halides is 1. The molecule has 0 unspecified atom stereocenters. The van der Waals surface area contributed by atoms with Crippen LogP contribution in [0.15, 0.2) is 12.5 Å². The highest BCUT2D eigenvalue weighted by Gasteiger charge is 2.11. The number of rotatable bonds is 3. The Labute approximate surface area is 99.9 Å². The van der Waals surface area contributed by atoms with E-state index in [2.05, 4.69) is 21.6 Å². The van der Waals surface area contributed by atoms with E-state index in [0.29, 0.717) is 5.88 Å². The fourth-order valence-corrected chi connectivity index (χ4v) is 2.04. The number of hydrogen-bond donors (Lipinski definition) is 0. The molecule has 0 bridgehead atoms. The van der Waals surface area contributed by atoms with Crippen molar-refractivity contribution >= 4 is 11.6 Å². The number of aryl methyl sites for hydroxylation is 2. The number of halogens is 1. The fourth-order valence-electron chi connectivity index (χ4n) is 1.82. The Morgan fingerprint density at radius 3 is 2.69 bits per heavy atom. The number of nitrogens with zero attached hydrogens (tertiary/aromatic N) is 4. The fraction of sp³-hybridized carbons (Fsp3) is 0.455. The van der Waals surface area contributed by atoms with Crippen molar-refractivity contribution in [2.24, 2.45) is 7.05 Å². The lowest BCUT2D eigenvalue weighted by molar-refractivity contribution is 0.723. The molecule has 2 rings (SSSR count). The molecule has 2 heterocycles. The molecule has 86 valence electrons. The van der Waals surface area contributed by atoms with E-state index in [1.165, 1.54) is 11.3 Å². The Morgan fingerprint density at radius 1 is 1.38 bits per heavy atom. The lowest BCUT2D eigenvalue weighted by Crippen LogP contribution is -2.04. The molecular weight excluding hydrogens is 224 g/mol. The van der Waals surface area contributed by atoms with Crippen LogP contribution in [0.5, 0.6) is 0 Å². The van der Waals surface area contributed by atoms with Crippen LogP contribution in [0.25, 0.3) is 0 Å². The van der Waals surface area contributed by atoms with Crippen LogP contribution in [0, 0.1) is 13.8 Å². The van der Waals surface area contributed by atoms with Gasteiger partial charge in [0.1, 0.15) is 0 Å².